The maximum Gasteiger partial charge on any atom is 0.168 e. The monoisotopic (exact) mass is 271 g/mol. The van der Waals surface area contributed by atoms with Crippen molar-refractivity contribution in [1.82, 2.24) is 5.16 Å². The average Bonchev–Trinajstić information content (AvgIpc) is 3.04. The molecule has 0 spiro atoms. The summed E-state index contributed by atoms with van der Waals surface area (Å²) >= 11 is 0. The number of nitrogens with zero attached hydrogens (tertiary/aromatic N) is 1. The van der Waals surface area contributed by atoms with Gasteiger partial charge < -0.3 is 4.52 Å². The molecule has 0 aliphatic heterocycles. The first-order valence-corrected chi connectivity index (χ1v) is 6.91. The molecule has 0 amide bonds. The molecule has 0 fully saturated rings. The molecule has 4 aromatic rings. The van der Waals surface area contributed by atoms with Gasteiger partial charge in [0.15, 0.2) is 5.58 Å². The number of rotatable bonds is 2. The summed E-state index contributed by atoms with van der Waals surface area (Å²) < 4.78 is 5.39. The van der Waals surface area contributed by atoms with Gasteiger partial charge in [-0.15, -0.1) is 0 Å². The molecule has 100 valence electrons. The van der Waals surface area contributed by atoms with Crippen LogP contribution >= 0.6 is 0 Å². The van der Waals surface area contributed by atoms with E-state index in [0.29, 0.717) is 0 Å². The smallest absolute Gasteiger partial charge is 0.168 e. The Bertz CT molecular complexity index is 879. The molecule has 0 aliphatic carbocycles. The molecule has 0 N–H and O–H groups in total. The van der Waals surface area contributed by atoms with Gasteiger partial charge in [0.2, 0.25) is 0 Å². The van der Waals surface area contributed by atoms with E-state index in [9.17, 15) is 0 Å². The largest absolute Gasteiger partial charge is 0.356 e. The SMILES string of the molecule is c1ccc(-c2cc(-c3ccccc3)c3cnoc3c2)cc1. The molecular formula is C19H13NO. The molecule has 0 bridgehead atoms. The lowest BCUT2D eigenvalue weighted by atomic mass is 9.96. The highest BCUT2D eigenvalue weighted by Crippen LogP contribution is 2.33. The topological polar surface area (TPSA) is 26.0 Å². The minimum Gasteiger partial charge on any atom is -0.356 e. The molecule has 0 unspecified atom stereocenters. The molecule has 1 heterocycles. The van der Waals surface area contributed by atoms with E-state index in [1.54, 1.807) is 6.20 Å². The zero-order valence-corrected chi connectivity index (χ0v) is 11.4. The maximum absolute atomic E-state index is 5.39. The molecule has 2 heteroatoms. The Hall–Kier alpha value is -2.87. The van der Waals surface area contributed by atoms with Gasteiger partial charge in [-0.2, -0.15) is 0 Å². The van der Waals surface area contributed by atoms with Crippen LogP contribution in [0.25, 0.3) is 33.2 Å². The lowest BCUT2D eigenvalue weighted by Gasteiger charge is -2.07. The molecule has 0 radical (unpaired) electrons. The number of aromatic nitrogens is 1. The Morgan fingerprint density at radius 2 is 1.33 bits per heavy atom. The molecular weight excluding hydrogens is 258 g/mol. The van der Waals surface area contributed by atoms with Gasteiger partial charge in [-0.25, -0.2) is 0 Å². The predicted octanol–water partition coefficient (Wildman–Crippen LogP) is 5.16. The van der Waals surface area contributed by atoms with E-state index in [2.05, 4.69) is 35.5 Å². The Morgan fingerprint density at radius 3 is 2.05 bits per heavy atom. The second kappa shape index (κ2) is 4.91. The van der Waals surface area contributed by atoms with Gasteiger partial charge >= 0.3 is 0 Å². The normalized spacial score (nSPS) is 10.9. The van der Waals surface area contributed by atoms with Crippen molar-refractivity contribution >= 4 is 11.0 Å². The summed E-state index contributed by atoms with van der Waals surface area (Å²) in [5.41, 5.74) is 5.44. The lowest BCUT2D eigenvalue weighted by Crippen LogP contribution is -1.83. The van der Waals surface area contributed by atoms with Crippen molar-refractivity contribution in [3.05, 3.63) is 79.0 Å². The summed E-state index contributed by atoms with van der Waals surface area (Å²) in [6, 6.07) is 24.9. The first-order chi connectivity index (χ1) is 10.4. The van der Waals surface area contributed by atoms with Crippen LogP contribution in [0.5, 0.6) is 0 Å². The van der Waals surface area contributed by atoms with Crippen LogP contribution in [0.2, 0.25) is 0 Å². The summed E-state index contributed by atoms with van der Waals surface area (Å²) in [5, 5.41) is 4.99. The molecule has 0 saturated heterocycles. The van der Waals surface area contributed by atoms with Gasteiger partial charge in [-0.3, -0.25) is 0 Å². The summed E-state index contributed by atoms with van der Waals surface area (Å²) in [6.07, 6.45) is 1.78. The van der Waals surface area contributed by atoms with Crippen LogP contribution in [0.4, 0.5) is 0 Å². The summed E-state index contributed by atoms with van der Waals surface area (Å²) in [4.78, 5) is 0. The van der Waals surface area contributed by atoms with Gasteiger partial charge in [0.05, 0.1) is 6.20 Å². The minimum absolute atomic E-state index is 0.815. The Morgan fingerprint density at radius 1 is 0.667 bits per heavy atom. The highest BCUT2D eigenvalue weighted by molar-refractivity contribution is 5.96. The average molecular weight is 271 g/mol. The zero-order chi connectivity index (χ0) is 14.1. The Kier molecular flexibility index (Phi) is 2.79. The Balaban J connectivity index is 2.00. The first kappa shape index (κ1) is 11.9. The van der Waals surface area contributed by atoms with Crippen molar-refractivity contribution in [2.45, 2.75) is 0 Å². The number of benzene rings is 3. The van der Waals surface area contributed by atoms with Gasteiger partial charge in [0.25, 0.3) is 0 Å². The van der Waals surface area contributed by atoms with E-state index < -0.39 is 0 Å². The third-order valence-electron chi connectivity index (χ3n) is 3.67. The second-order valence-electron chi connectivity index (χ2n) is 4.99. The van der Waals surface area contributed by atoms with Crippen LogP contribution in [0.15, 0.2) is 83.5 Å². The van der Waals surface area contributed by atoms with Gasteiger partial charge in [0, 0.05) is 5.39 Å². The van der Waals surface area contributed by atoms with Crippen LogP contribution in [-0.2, 0) is 0 Å². The van der Waals surface area contributed by atoms with Gasteiger partial charge in [-0.05, 0) is 34.4 Å². The van der Waals surface area contributed by atoms with E-state index in [4.69, 9.17) is 4.52 Å². The van der Waals surface area contributed by atoms with Crippen LogP contribution in [0.3, 0.4) is 0 Å². The fourth-order valence-electron chi connectivity index (χ4n) is 2.62. The van der Waals surface area contributed by atoms with Crippen molar-refractivity contribution in [1.29, 1.82) is 0 Å². The molecule has 21 heavy (non-hydrogen) atoms. The number of hydrogen-bond donors (Lipinski definition) is 0. The fourth-order valence-corrected chi connectivity index (χ4v) is 2.62. The Labute approximate surface area is 122 Å². The summed E-state index contributed by atoms with van der Waals surface area (Å²) in [5.74, 6) is 0. The van der Waals surface area contributed by atoms with Gasteiger partial charge in [0.1, 0.15) is 0 Å². The fraction of sp³-hybridized carbons (Fsp3) is 0. The highest BCUT2D eigenvalue weighted by atomic mass is 16.5. The van der Waals surface area contributed by atoms with Crippen LogP contribution in [-0.4, -0.2) is 5.16 Å². The minimum atomic E-state index is 0.815. The second-order valence-corrected chi connectivity index (χ2v) is 4.99. The van der Waals surface area contributed by atoms with Crippen molar-refractivity contribution in [2.75, 3.05) is 0 Å². The van der Waals surface area contributed by atoms with Crippen LogP contribution < -0.4 is 0 Å². The molecule has 0 aliphatic rings. The quantitative estimate of drug-likeness (QED) is 0.503. The van der Waals surface area contributed by atoms with E-state index in [-0.39, 0.29) is 0 Å². The third kappa shape index (κ3) is 2.11. The van der Waals surface area contributed by atoms with E-state index in [1.165, 1.54) is 11.1 Å². The summed E-state index contributed by atoms with van der Waals surface area (Å²) in [7, 11) is 0. The molecule has 3 aromatic carbocycles. The number of fused-ring (bicyclic) bond motifs is 1. The lowest BCUT2D eigenvalue weighted by molar-refractivity contribution is 0.456. The molecule has 0 saturated carbocycles. The summed E-state index contributed by atoms with van der Waals surface area (Å²) in [6.45, 7) is 0. The van der Waals surface area contributed by atoms with Crippen molar-refractivity contribution in [3.63, 3.8) is 0 Å². The van der Waals surface area contributed by atoms with E-state index in [0.717, 1.165) is 22.1 Å². The third-order valence-corrected chi connectivity index (χ3v) is 3.67. The van der Waals surface area contributed by atoms with Crippen molar-refractivity contribution < 1.29 is 4.52 Å². The highest BCUT2D eigenvalue weighted by Gasteiger charge is 2.10. The predicted molar refractivity (Wildman–Crippen MR) is 84.9 cm³/mol. The molecule has 0 atom stereocenters. The van der Waals surface area contributed by atoms with Gasteiger partial charge in [-0.1, -0.05) is 65.8 Å². The molecule has 2 nitrogen and oxygen atoms in total. The van der Waals surface area contributed by atoms with Crippen LogP contribution in [0, 0.1) is 0 Å². The zero-order valence-electron chi connectivity index (χ0n) is 11.4. The van der Waals surface area contributed by atoms with E-state index >= 15 is 0 Å². The van der Waals surface area contributed by atoms with E-state index in [1.807, 2.05) is 42.5 Å². The maximum atomic E-state index is 5.39. The van der Waals surface area contributed by atoms with Crippen molar-refractivity contribution in [3.8, 4) is 22.3 Å². The van der Waals surface area contributed by atoms with Crippen LogP contribution in [0.1, 0.15) is 0 Å². The van der Waals surface area contributed by atoms with Crippen molar-refractivity contribution in [2.24, 2.45) is 0 Å². The molecule has 4 rings (SSSR count). The first-order valence-electron chi connectivity index (χ1n) is 6.91. The number of hydrogen-bond acceptors (Lipinski definition) is 2. The standard InChI is InChI=1S/C19H13NO/c1-3-7-14(8-4-1)16-11-17(15-9-5-2-6-10-15)18-13-20-21-19(18)12-16/h1-13H. The molecule has 1 aromatic heterocycles.